The van der Waals surface area contributed by atoms with Gasteiger partial charge in [-0.1, -0.05) is 0 Å². The van der Waals surface area contributed by atoms with Crippen molar-refractivity contribution in [2.75, 3.05) is 6.54 Å². The van der Waals surface area contributed by atoms with Crippen LogP contribution in [0.1, 0.15) is 45.4 Å². The third-order valence-corrected chi connectivity index (χ3v) is 3.56. The maximum atomic E-state index is 11.4. The highest BCUT2D eigenvalue weighted by Gasteiger charge is 2.33. The molecule has 0 aromatic rings. The SMILES string of the molecule is CC(C#N)(CCCN1C(=O)CCC1=O)NC1CC1. The van der Waals surface area contributed by atoms with Gasteiger partial charge in [-0.25, -0.2) is 0 Å². The maximum Gasteiger partial charge on any atom is 0.229 e. The van der Waals surface area contributed by atoms with Crippen LogP contribution in [0, 0.1) is 11.3 Å². The average Bonchev–Trinajstić information content (AvgIpc) is 3.09. The summed E-state index contributed by atoms with van der Waals surface area (Å²) in [5.74, 6) is -0.150. The largest absolute Gasteiger partial charge is 0.297 e. The van der Waals surface area contributed by atoms with Crippen LogP contribution in [0.3, 0.4) is 0 Å². The van der Waals surface area contributed by atoms with Crippen molar-refractivity contribution < 1.29 is 9.59 Å². The molecule has 1 saturated heterocycles. The van der Waals surface area contributed by atoms with E-state index in [4.69, 9.17) is 0 Å². The van der Waals surface area contributed by atoms with Gasteiger partial charge in [0.15, 0.2) is 0 Å². The molecule has 1 aliphatic carbocycles. The lowest BCUT2D eigenvalue weighted by Crippen LogP contribution is -2.43. The van der Waals surface area contributed by atoms with Gasteiger partial charge in [-0.15, -0.1) is 0 Å². The van der Waals surface area contributed by atoms with Crippen LogP contribution in [0.15, 0.2) is 0 Å². The number of nitrogens with zero attached hydrogens (tertiary/aromatic N) is 2. The van der Waals surface area contributed by atoms with E-state index >= 15 is 0 Å². The van der Waals surface area contributed by atoms with E-state index in [0.29, 0.717) is 38.3 Å². The summed E-state index contributed by atoms with van der Waals surface area (Å²) >= 11 is 0. The lowest BCUT2D eigenvalue weighted by atomic mass is 9.97. The standard InChI is InChI=1S/C13H19N3O2/c1-13(9-14,15-10-3-4-10)7-2-8-16-11(17)5-6-12(16)18/h10,15H,2-8H2,1H3. The van der Waals surface area contributed by atoms with Crippen LogP contribution in [0.25, 0.3) is 0 Å². The minimum absolute atomic E-state index is 0.0752. The molecule has 0 aromatic heterocycles. The van der Waals surface area contributed by atoms with E-state index in [1.807, 2.05) is 6.92 Å². The molecule has 1 unspecified atom stereocenters. The summed E-state index contributed by atoms with van der Waals surface area (Å²) in [4.78, 5) is 24.2. The predicted octanol–water partition coefficient (Wildman–Crippen LogP) is 0.950. The molecule has 2 fully saturated rings. The van der Waals surface area contributed by atoms with E-state index < -0.39 is 5.54 Å². The van der Waals surface area contributed by atoms with Gasteiger partial charge in [-0.2, -0.15) is 5.26 Å². The molecule has 5 heteroatoms. The normalized spacial score (nSPS) is 23.0. The second kappa shape index (κ2) is 5.07. The molecular weight excluding hydrogens is 230 g/mol. The number of nitrogens with one attached hydrogen (secondary N) is 1. The summed E-state index contributed by atoms with van der Waals surface area (Å²) < 4.78 is 0. The Morgan fingerprint density at radius 2 is 2.00 bits per heavy atom. The molecular formula is C13H19N3O2. The Kier molecular flexibility index (Phi) is 3.67. The summed E-state index contributed by atoms with van der Waals surface area (Å²) in [6, 6.07) is 2.77. The first-order chi connectivity index (χ1) is 8.54. The first-order valence-electron chi connectivity index (χ1n) is 6.56. The van der Waals surface area contributed by atoms with E-state index in [0.717, 1.165) is 12.8 Å². The Hall–Kier alpha value is -1.41. The van der Waals surface area contributed by atoms with Crippen molar-refractivity contribution in [3.05, 3.63) is 0 Å². The topological polar surface area (TPSA) is 73.2 Å². The second-order valence-electron chi connectivity index (χ2n) is 5.41. The van der Waals surface area contributed by atoms with Gasteiger partial charge in [0, 0.05) is 25.4 Å². The highest BCUT2D eigenvalue weighted by molar-refractivity contribution is 6.01. The molecule has 1 atom stereocenters. The maximum absolute atomic E-state index is 11.4. The van der Waals surface area contributed by atoms with E-state index in [2.05, 4.69) is 11.4 Å². The molecule has 0 aromatic carbocycles. The quantitative estimate of drug-likeness (QED) is 0.711. The molecule has 1 N–H and O–H groups in total. The Bertz CT molecular complexity index is 382. The van der Waals surface area contributed by atoms with Gasteiger partial charge in [0.25, 0.3) is 0 Å². The number of likely N-dealkylation sites (tertiary alicyclic amines) is 1. The molecule has 18 heavy (non-hydrogen) atoms. The van der Waals surface area contributed by atoms with Gasteiger partial charge >= 0.3 is 0 Å². The molecule has 5 nitrogen and oxygen atoms in total. The summed E-state index contributed by atoms with van der Waals surface area (Å²) in [7, 11) is 0. The van der Waals surface area contributed by atoms with E-state index in [-0.39, 0.29) is 11.8 Å². The van der Waals surface area contributed by atoms with Crippen molar-refractivity contribution in [1.82, 2.24) is 10.2 Å². The van der Waals surface area contributed by atoms with Gasteiger partial charge in [-0.3, -0.25) is 19.8 Å². The lowest BCUT2D eigenvalue weighted by molar-refractivity contribution is -0.138. The molecule has 1 aliphatic heterocycles. The Morgan fingerprint density at radius 3 is 2.50 bits per heavy atom. The third kappa shape index (κ3) is 3.08. The molecule has 0 bridgehead atoms. The average molecular weight is 249 g/mol. The van der Waals surface area contributed by atoms with Gasteiger partial charge in [0.1, 0.15) is 5.54 Å². The third-order valence-electron chi connectivity index (χ3n) is 3.56. The van der Waals surface area contributed by atoms with Crippen LogP contribution in [-0.2, 0) is 9.59 Å². The minimum atomic E-state index is -0.535. The number of amides is 2. The number of imide groups is 1. The number of nitriles is 1. The van der Waals surface area contributed by atoms with E-state index in [1.54, 1.807) is 0 Å². The number of hydrogen-bond acceptors (Lipinski definition) is 4. The zero-order valence-electron chi connectivity index (χ0n) is 10.7. The number of hydrogen-bond donors (Lipinski definition) is 1. The fraction of sp³-hybridized carbons (Fsp3) is 0.769. The van der Waals surface area contributed by atoms with Crippen LogP contribution in [-0.4, -0.2) is 34.8 Å². The molecule has 0 spiro atoms. The van der Waals surface area contributed by atoms with E-state index in [1.165, 1.54) is 4.90 Å². The van der Waals surface area contributed by atoms with Gasteiger partial charge in [-0.05, 0) is 32.6 Å². The highest BCUT2D eigenvalue weighted by Crippen LogP contribution is 2.24. The monoisotopic (exact) mass is 249 g/mol. The number of carbonyl (C=O) groups is 2. The number of rotatable bonds is 6. The number of carbonyl (C=O) groups excluding carboxylic acids is 2. The van der Waals surface area contributed by atoms with Crippen LogP contribution in [0.4, 0.5) is 0 Å². The first kappa shape index (κ1) is 13.0. The molecule has 2 aliphatic rings. The van der Waals surface area contributed by atoms with Crippen LogP contribution in [0.2, 0.25) is 0 Å². The van der Waals surface area contributed by atoms with Gasteiger partial charge < -0.3 is 0 Å². The zero-order valence-corrected chi connectivity index (χ0v) is 10.7. The van der Waals surface area contributed by atoms with Crippen molar-refractivity contribution >= 4 is 11.8 Å². The van der Waals surface area contributed by atoms with Crippen molar-refractivity contribution in [3.8, 4) is 6.07 Å². The zero-order chi connectivity index (χ0) is 13.2. The van der Waals surface area contributed by atoms with Crippen molar-refractivity contribution in [2.45, 2.75) is 57.0 Å². The molecule has 2 amide bonds. The minimum Gasteiger partial charge on any atom is -0.297 e. The van der Waals surface area contributed by atoms with E-state index in [9.17, 15) is 14.9 Å². The van der Waals surface area contributed by atoms with Crippen molar-refractivity contribution in [2.24, 2.45) is 0 Å². The Balaban J connectivity index is 1.78. The smallest absolute Gasteiger partial charge is 0.229 e. The summed E-state index contributed by atoms with van der Waals surface area (Å²) in [5.41, 5.74) is -0.535. The van der Waals surface area contributed by atoms with Crippen molar-refractivity contribution in [1.29, 1.82) is 5.26 Å². The summed E-state index contributed by atoms with van der Waals surface area (Å²) in [6.45, 7) is 2.33. The van der Waals surface area contributed by atoms with Crippen LogP contribution < -0.4 is 5.32 Å². The highest BCUT2D eigenvalue weighted by atomic mass is 16.2. The molecule has 0 radical (unpaired) electrons. The van der Waals surface area contributed by atoms with Crippen molar-refractivity contribution in [3.63, 3.8) is 0 Å². The predicted molar refractivity (Wildman–Crippen MR) is 65.4 cm³/mol. The summed E-state index contributed by atoms with van der Waals surface area (Å²) in [5, 5.41) is 12.5. The Morgan fingerprint density at radius 1 is 1.39 bits per heavy atom. The molecule has 98 valence electrons. The fourth-order valence-electron chi connectivity index (χ4n) is 2.30. The first-order valence-corrected chi connectivity index (χ1v) is 6.56. The second-order valence-corrected chi connectivity index (χ2v) is 5.41. The van der Waals surface area contributed by atoms with Gasteiger partial charge in [0.05, 0.1) is 6.07 Å². The summed E-state index contributed by atoms with van der Waals surface area (Å²) in [6.07, 6.45) is 4.31. The van der Waals surface area contributed by atoms with Crippen LogP contribution >= 0.6 is 0 Å². The Labute approximate surface area is 107 Å². The molecule has 1 heterocycles. The van der Waals surface area contributed by atoms with Crippen LogP contribution in [0.5, 0.6) is 0 Å². The molecule has 2 rings (SSSR count). The van der Waals surface area contributed by atoms with Gasteiger partial charge in [0.2, 0.25) is 11.8 Å². The molecule has 1 saturated carbocycles. The fourth-order valence-corrected chi connectivity index (χ4v) is 2.30. The lowest BCUT2D eigenvalue weighted by Gasteiger charge is -2.24.